The highest BCUT2D eigenvalue weighted by Crippen LogP contribution is 2.18. The number of carboxylic acid groups (broad SMARTS) is 1. The molecule has 5 nitrogen and oxygen atoms in total. The summed E-state index contributed by atoms with van der Waals surface area (Å²) in [6.45, 7) is 3.81. The highest BCUT2D eigenvalue weighted by atomic mass is 16.5. The van der Waals surface area contributed by atoms with Crippen molar-refractivity contribution in [2.75, 3.05) is 13.7 Å². The third-order valence-corrected chi connectivity index (χ3v) is 1.53. The zero-order valence-electron chi connectivity index (χ0n) is 8.09. The molecule has 76 valence electrons. The number of hydrogen-bond donors (Lipinski definition) is 2. The second kappa shape index (κ2) is 4.69. The first-order valence-electron chi connectivity index (χ1n) is 3.91. The van der Waals surface area contributed by atoms with Crippen LogP contribution in [0, 0.1) is 5.41 Å². The van der Waals surface area contributed by atoms with Crippen LogP contribution >= 0.6 is 0 Å². The average molecular weight is 189 g/mol. The van der Waals surface area contributed by atoms with Crippen molar-refractivity contribution in [3.05, 3.63) is 0 Å². The summed E-state index contributed by atoms with van der Waals surface area (Å²) in [5, 5.41) is 11.0. The molecular formula is C8H15NO4. The van der Waals surface area contributed by atoms with Gasteiger partial charge in [0.05, 0.1) is 13.5 Å². The summed E-state index contributed by atoms with van der Waals surface area (Å²) in [4.78, 5) is 21.0. The number of hydrogen-bond acceptors (Lipinski definition) is 3. The molecule has 0 aliphatic heterocycles. The fraction of sp³-hybridized carbons (Fsp3) is 0.750. The van der Waals surface area contributed by atoms with Crippen molar-refractivity contribution in [3.8, 4) is 0 Å². The van der Waals surface area contributed by atoms with Gasteiger partial charge in [0.2, 0.25) is 0 Å². The van der Waals surface area contributed by atoms with Crippen LogP contribution in [-0.2, 0) is 9.53 Å². The Morgan fingerprint density at radius 2 is 2.00 bits per heavy atom. The molecule has 1 amide bonds. The maximum absolute atomic E-state index is 10.7. The first-order chi connectivity index (χ1) is 5.87. The van der Waals surface area contributed by atoms with Gasteiger partial charge in [-0.05, 0) is 5.41 Å². The largest absolute Gasteiger partial charge is 0.481 e. The fourth-order valence-electron chi connectivity index (χ4n) is 0.855. The fourth-order valence-corrected chi connectivity index (χ4v) is 0.855. The van der Waals surface area contributed by atoms with Crippen LogP contribution in [0.1, 0.15) is 20.3 Å². The van der Waals surface area contributed by atoms with E-state index in [1.54, 1.807) is 13.8 Å². The lowest BCUT2D eigenvalue weighted by Crippen LogP contribution is -2.35. The van der Waals surface area contributed by atoms with Crippen molar-refractivity contribution < 1.29 is 19.4 Å². The molecule has 0 aliphatic carbocycles. The molecule has 0 saturated carbocycles. The Kier molecular flexibility index (Phi) is 4.23. The Bertz CT molecular complexity index is 200. The number of alkyl carbamates (subject to hydrolysis) is 1. The average Bonchev–Trinajstić information content (AvgIpc) is 1.98. The zero-order valence-corrected chi connectivity index (χ0v) is 8.09. The summed E-state index contributed by atoms with van der Waals surface area (Å²) >= 11 is 0. The van der Waals surface area contributed by atoms with Gasteiger partial charge in [0, 0.05) is 6.54 Å². The third-order valence-electron chi connectivity index (χ3n) is 1.53. The number of ether oxygens (including phenoxy) is 1. The van der Waals surface area contributed by atoms with Crippen LogP contribution < -0.4 is 5.32 Å². The molecular weight excluding hydrogens is 174 g/mol. The van der Waals surface area contributed by atoms with Crippen molar-refractivity contribution in [1.29, 1.82) is 0 Å². The molecule has 0 aromatic heterocycles. The molecule has 13 heavy (non-hydrogen) atoms. The molecule has 0 aromatic carbocycles. The van der Waals surface area contributed by atoms with E-state index in [0.717, 1.165) is 0 Å². The second-order valence-electron chi connectivity index (χ2n) is 3.58. The Morgan fingerprint density at radius 1 is 1.46 bits per heavy atom. The summed E-state index contributed by atoms with van der Waals surface area (Å²) in [7, 11) is 1.26. The summed E-state index contributed by atoms with van der Waals surface area (Å²) < 4.78 is 4.35. The van der Waals surface area contributed by atoms with E-state index in [-0.39, 0.29) is 13.0 Å². The third kappa shape index (κ3) is 5.95. The first-order valence-corrected chi connectivity index (χ1v) is 3.91. The number of aliphatic carboxylic acids is 1. The van der Waals surface area contributed by atoms with Crippen LogP contribution in [0.25, 0.3) is 0 Å². The molecule has 0 aliphatic rings. The minimum atomic E-state index is -0.878. The Morgan fingerprint density at radius 3 is 2.38 bits per heavy atom. The first kappa shape index (κ1) is 11.7. The minimum absolute atomic E-state index is 0.0109. The molecule has 0 spiro atoms. The SMILES string of the molecule is COC(=O)NCC(C)(C)CC(=O)O. The molecule has 0 rings (SSSR count). The van der Waals surface area contributed by atoms with Gasteiger partial charge in [0.15, 0.2) is 0 Å². The molecule has 0 fully saturated rings. The lowest BCUT2D eigenvalue weighted by molar-refractivity contribution is -0.139. The summed E-state index contributed by atoms with van der Waals surface area (Å²) in [6, 6.07) is 0. The maximum atomic E-state index is 10.7. The second-order valence-corrected chi connectivity index (χ2v) is 3.58. The van der Waals surface area contributed by atoms with Crippen LogP contribution in [0.5, 0.6) is 0 Å². The van der Waals surface area contributed by atoms with E-state index in [1.165, 1.54) is 7.11 Å². The van der Waals surface area contributed by atoms with Gasteiger partial charge in [-0.2, -0.15) is 0 Å². The predicted molar refractivity (Wildman–Crippen MR) is 46.4 cm³/mol. The minimum Gasteiger partial charge on any atom is -0.481 e. The lowest BCUT2D eigenvalue weighted by Gasteiger charge is -2.21. The molecule has 5 heteroatoms. The monoisotopic (exact) mass is 189 g/mol. The quantitative estimate of drug-likeness (QED) is 0.687. The van der Waals surface area contributed by atoms with E-state index in [0.29, 0.717) is 0 Å². The highest BCUT2D eigenvalue weighted by molar-refractivity contribution is 5.69. The van der Waals surface area contributed by atoms with Crippen LogP contribution in [0.2, 0.25) is 0 Å². The number of rotatable bonds is 4. The number of carboxylic acids is 1. The van der Waals surface area contributed by atoms with Crippen LogP contribution in [0.4, 0.5) is 4.79 Å². The predicted octanol–water partition coefficient (Wildman–Crippen LogP) is 0.843. The van der Waals surface area contributed by atoms with Crippen LogP contribution in [-0.4, -0.2) is 30.8 Å². The molecule has 0 saturated heterocycles. The number of nitrogens with one attached hydrogen (secondary N) is 1. The van der Waals surface area contributed by atoms with Gasteiger partial charge in [-0.3, -0.25) is 4.79 Å². The summed E-state index contributed by atoms with van der Waals surface area (Å²) in [6.07, 6.45) is -0.532. The van der Waals surface area contributed by atoms with Crippen molar-refractivity contribution in [2.45, 2.75) is 20.3 Å². The van der Waals surface area contributed by atoms with E-state index in [4.69, 9.17) is 5.11 Å². The van der Waals surface area contributed by atoms with E-state index < -0.39 is 17.5 Å². The molecule has 0 radical (unpaired) electrons. The molecule has 0 heterocycles. The van der Waals surface area contributed by atoms with Crippen molar-refractivity contribution >= 4 is 12.1 Å². The lowest BCUT2D eigenvalue weighted by atomic mass is 9.89. The van der Waals surface area contributed by atoms with Gasteiger partial charge in [-0.25, -0.2) is 4.79 Å². The van der Waals surface area contributed by atoms with Crippen molar-refractivity contribution in [3.63, 3.8) is 0 Å². The molecule has 0 atom stereocenters. The normalized spacial score (nSPS) is 10.7. The molecule has 0 unspecified atom stereocenters. The molecule has 0 bridgehead atoms. The van der Waals surface area contributed by atoms with E-state index in [9.17, 15) is 9.59 Å². The van der Waals surface area contributed by atoms with Gasteiger partial charge < -0.3 is 15.2 Å². The van der Waals surface area contributed by atoms with Gasteiger partial charge in [0.1, 0.15) is 0 Å². The summed E-state index contributed by atoms with van der Waals surface area (Å²) in [5.41, 5.74) is -0.458. The number of carbonyl (C=O) groups excluding carboxylic acids is 1. The van der Waals surface area contributed by atoms with E-state index in [2.05, 4.69) is 10.1 Å². The van der Waals surface area contributed by atoms with Gasteiger partial charge in [-0.1, -0.05) is 13.8 Å². The number of carbonyl (C=O) groups is 2. The van der Waals surface area contributed by atoms with Gasteiger partial charge in [-0.15, -0.1) is 0 Å². The number of amides is 1. The topological polar surface area (TPSA) is 75.6 Å². The summed E-state index contributed by atoms with van der Waals surface area (Å²) in [5.74, 6) is -0.878. The Hall–Kier alpha value is -1.26. The van der Waals surface area contributed by atoms with Crippen LogP contribution in [0.15, 0.2) is 0 Å². The van der Waals surface area contributed by atoms with Crippen molar-refractivity contribution in [2.24, 2.45) is 5.41 Å². The van der Waals surface area contributed by atoms with Crippen molar-refractivity contribution in [1.82, 2.24) is 5.32 Å². The Balaban J connectivity index is 3.88. The zero-order chi connectivity index (χ0) is 10.5. The smallest absolute Gasteiger partial charge is 0.406 e. The Labute approximate surface area is 77.1 Å². The standard InChI is InChI=1S/C8H15NO4/c1-8(2,4-6(10)11)5-9-7(12)13-3/h4-5H2,1-3H3,(H,9,12)(H,10,11). The number of methoxy groups -OCH3 is 1. The maximum Gasteiger partial charge on any atom is 0.406 e. The van der Waals surface area contributed by atoms with Crippen LogP contribution in [0.3, 0.4) is 0 Å². The van der Waals surface area contributed by atoms with Gasteiger partial charge in [0.25, 0.3) is 0 Å². The highest BCUT2D eigenvalue weighted by Gasteiger charge is 2.22. The van der Waals surface area contributed by atoms with Gasteiger partial charge >= 0.3 is 12.1 Å². The van der Waals surface area contributed by atoms with E-state index >= 15 is 0 Å². The molecule has 0 aromatic rings. The van der Waals surface area contributed by atoms with E-state index in [1.807, 2.05) is 0 Å². The molecule has 2 N–H and O–H groups in total.